The van der Waals surface area contributed by atoms with Crippen molar-refractivity contribution >= 4 is 17.6 Å². The fraction of sp³-hybridized carbons (Fsp3) is 0.385. The van der Waals surface area contributed by atoms with Crippen LogP contribution in [0.3, 0.4) is 0 Å². The average Bonchev–Trinajstić information content (AvgIpc) is 2.38. The van der Waals surface area contributed by atoms with Crippen LogP contribution in [0.1, 0.15) is 12.0 Å². The van der Waals surface area contributed by atoms with Crippen LogP contribution >= 0.6 is 0 Å². The summed E-state index contributed by atoms with van der Waals surface area (Å²) >= 11 is 0. The summed E-state index contributed by atoms with van der Waals surface area (Å²) in [4.78, 5) is 21.9. The molecule has 0 atom stereocenters. The van der Waals surface area contributed by atoms with E-state index in [4.69, 9.17) is 15.6 Å². The molecule has 0 aliphatic heterocycles. The molecule has 0 radical (unpaired) electrons. The van der Waals surface area contributed by atoms with E-state index in [9.17, 15) is 9.59 Å². The van der Waals surface area contributed by atoms with Gasteiger partial charge in [0.25, 0.3) is 0 Å². The fourth-order valence-electron chi connectivity index (χ4n) is 1.45. The first-order valence-electron chi connectivity index (χ1n) is 6.00. The zero-order valence-corrected chi connectivity index (χ0v) is 10.6. The second-order valence-electron chi connectivity index (χ2n) is 3.98. The molecule has 1 rings (SSSR count). The number of carbonyl (C=O) groups excluding carboxylic acids is 1. The van der Waals surface area contributed by atoms with Gasteiger partial charge in [0.1, 0.15) is 6.61 Å². The summed E-state index contributed by atoms with van der Waals surface area (Å²) in [5.41, 5.74) is 6.80. The number of carboxylic acid groups (broad SMARTS) is 1. The Labute approximate surface area is 111 Å². The topological polar surface area (TPSA) is 102 Å². The van der Waals surface area contributed by atoms with Crippen LogP contribution in [0.2, 0.25) is 0 Å². The van der Waals surface area contributed by atoms with Gasteiger partial charge in [-0.1, -0.05) is 12.1 Å². The van der Waals surface area contributed by atoms with Crippen molar-refractivity contribution in [2.45, 2.75) is 12.8 Å². The van der Waals surface area contributed by atoms with Crippen molar-refractivity contribution in [3.63, 3.8) is 0 Å². The molecule has 0 saturated carbocycles. The van der Waals surface area contributed by atoms with Crippen molar-refractivity contribution < 1.29 is 19.4 Å². The first-order chi connectivity index (χ1) is 9.11. The van der Waals surface area contributed by atoms with E-state index in [1.807, 2.05) is 0 Å². The number of ether oxygens (including phenoxy) is 1. The number of carboxylic acids is 1. The smallest absolute Gasteiger partial charge is 0.303 e. The van der Waals surface area contributed by atoms with Gasteiger partial charge < -0.3 is 20.9 Å². The molecular weight excluding hydrogens is 248 g/mol. The highest BCUT2D eigenvalue weighted by Gasteiger charge is 2.03. The van der Waals surface area contributed by atoms with Gasteiger partial charge in [-0.05, 0) is 24.1 Å². The molecule has 4 N–H and O–H groups in total. The van der Waals surface area contributed by atoms with E-state index in [1.54, 1.807) is 24.3 Å². The molecule has 6 nitrogen and oxygen atoms in total. The van der Waals surface area contributed by atoms with E-state index in [-0.39, 0.29) is 18.9 Å². The van der Waals surface area contributed by atoms with E-state index >= 15 is 0 Å². The number of amides is 1. The zero-order chi connectivity index (χ0) is 14.1. The molecule has 0 saturated heterocycles. The molecule has 0 unspecified atom stereocenters. The molecule has 0 fully saturated rings. The summed E-state index contributed by atoms with van der Waals surface area (Å²) in [5.74, 6) is -1.07. The molecule has 1 aromatic rings. The molecule has 1 amide bonds. The van der Waals surface area contributed by atoms with Crippen molar-refractivity contribution in [3.8, 4) is 0 Å². The highest BCUT2D eigenvalue weighted by Crippen LogP contribution is 2.11. The molecule has 19 heavy (non-hydrogen) atoms. The molecule has 0 heterocycles. The molecule has 0 aliphatic rings. The summed E-state index contributed by atoms with van der Waals surface area (Å²) in [6.07, 6.45) is 0.571. The summed E-state index contributed by atoms with van der Waals surface area (Å²) in [5, 5.41) is 11.2. The Bertz CT molecular complexity index is 417. The van der Waals surface area contributed by atoms with Crippen LogP contribution in [0.5, 0.6) is 0 Å². The minimum Gasteiger partial charge on any atom is -0.481 e. The minimum absolute atomic E-state index is 0.0298. The maximum absolute atomic E-state index is 11.4. The normalized spacial score (nSPS) is 10.2. The van der Waals surface area contributed by atoms with Crippen LogP contribution in [0.15, 0.2) is 24.3 Å². The number of aryl methyl sites for hydroxylation is 1. The molecule has 1 aromatic carbocycles. The van der Waals surface area contributed by atoms with Crippen LogP contribution < -0.4 is 11.1 Å². The zero-order valence-electron chi connectivity index (χ0n) is 10.6. The Balaban J connectivity index is 2.39. The van der Waals surface area contributed by atoms with E-state index < -0.39 is 5.97 Å². The van der Waals surface area contributed by atoms with E-state index in [1.165, 1.54) is 0 Å². The Hall–Kier alpha value is -1.92. The maximum atomic E-state index is 11.4. The fourth-order valence-corrected chi connectivity index (χ4v) is 1.45. The van der Waals surface area contributed by atoms with Gasteiger partial charge in [0.2, 0.25) is 5.91 Å². The number of hydrogen-bond donors (Lipinski definition) is 3. The quantitative estimate of drug-likeness (QED) is 0.599. The Kier molecular flexibility index (Phi) is 6.56. The van der Waals surface area contributed by atoms with Gasteiger partial charge in [-0.2, -0.15) is 0 Å². The number of benzene rings is 1. The van der Waals surface area contributed by atoms with Gasteiger partial charge in [0, 0.05) is 18.7 Å². The van der Waals surface area contributed by atoms with E-state index in [0.29, 0.717) is 25.3 Å². The molecule has 6 heteroatoms. The van der Waals surface area contributed by atoms with Crippen molar-refractivity contribution in [2.75, 3.05) is 25.1 Å². The monoisotopic (exact) mass is 266 g/mol. The second-order valence-corrected chi connectivity index (χ2v) is 3.98. The van der Waals surface area contributed by atoms with E-state index in [0.717, 1.165) is 5.56 Å². The number of anilines is 1. The molecule has 0 spiro atoms. The minimum atomic E-state index is -0.825. The lowest BCUT2D eigenvalue weighted by Gasteiger charge is -2.06. The first-order valence-corrected chi connectivity index (χ1v) is 6.00. The highest BCUT2D eigenvalue weighted by atomic mass is 16.5. The first kappa shape index (κ1) is 15.1. The third-order valence-electron chi connectivity index (χ3n) is 2.36. The number of aliphatic carboxylic acids is 1. The molecule has 0 aromatic heterocycles. The number of rotatable bonds is 8. The third-order valence-corrected chi connectivity index (χ3v) is 2.36. The summed E-state index contributed by atoms with van der Waals surface area (Å²) in [7, 11) is 0. The van der Waals surface area contributed by atoms with Gasteiger partial charge in [-0.25, -0.2) is 0 Å². The lowest BCUT2D eigenvalue weighted by Crippen LogP contribution is -2.20. The molecule has 0 bridgehead atoms. The lowest BCUT2D eigenvalue weighted by atomic mass is 10.1. The summed E-state index contributed by atoms with van der Waals surface area (Å²) in [6, 6.07) is 7.05. The molecule has 104 valence electrons. The predicted molar refractivity (Wildman–Crippen MR) is 70.9 cm³/mol. The van der Waals surface area contributed by atoms with Crippen LogP contribution in [0, 0.1) is 0 Å². The van der Waals surface area contributed by atoms with Gasteiger partial charge in [-0.3, -0.25) is 9.59 Å². The van der Waals surface area contributed by atoms with Gasteiger partial charge in [0.15, 0.2) is 0 Å². The van der Waals surface area contributed by atoms with Gasteiger partial charge in [0.05, 0.1) is 6.61 Å². The summed E-state index contributed by atoms with van der Waals surface area (Å²) < 4.78 is 5.00. The van der Waals surface area contributed by atoms with Crippen LogP contribution in [-0.2, 0) is 20.7 Å². The predicted octanol–water partition coefficient (Wildman–Crippen LogP) is 0.618. The lowest BCUT2D eigenvalue weighted by molar-refractivity contribution is -0.137. The number of nitrogens with two attached hydrogens (primary N) is 1. The standard InChI is InChI=1S/C13H18N2O4/c14-7-8-19-9-12(16)15-11-4-1-10(2-5-11)3-6-13(17)18/h1-2,4-5H,3,6-9,14H2,(H,15,16)(H,17,18). The average molecular weight is 266 g/mol. The van der Waals surface area contributed by atoms with Crippen LogP contribution in [-0.4, -0.2) is 36.7 Å². The maximum Gasteiger partial charge on any atom is 0.303 e. The molecular formula is C13H18N2O4. The Morgan fingerprint density at radius 1 is 1.26 bits per heavy atom. The third kappa shape index (κ3) is 6.54. The molecule has 0 aliphatic carbocycles. The van der Waals surface area contributed by atoms with Crippen molar-refractivity contribution in [1.82, 2.24) is 0 Å². The Morgan fingerprint density at radius 3 is 2.53 bits per heavy atom. The van der Waals surface area contributed by atoms with Gasteiger partial charge >= 0.3 is 5.97 Å². The van der Waals surface area contributed by atoms with Gasteiger partial charge in [-0.15, -0.1) is 0 Å². The SMILES string of the molecule is NCCOCC(=O)Nc1ccc(CCC(=O)O)cc1. The Morgan fingerprint density at radius 2 is 1.95 bits per heavy atom. The highest BCUT2D eigenvalue weighted by molar-refractivity contribution is 5.91. The largest absolute Gasteiger partial charge is 0.481 e. The van der Waals surface area contributed by atoms with Crippen molar-refractivity contribution in [1.29, 1.82) is 0 Å². The van der Waals surface area contributed by atoms with Crippen LogP contribution in [0.4, 0.5) is 5.69 Å². The van der Waals surface area contributed by atoms with E-state index in [2.05, 4.69) is 5.32 Å². The van der Waals surface area contributed by atoms with Crippen LogP contribution in [0.25, 0.3) is 0 Å². The summed E-state index contributed by atoms with van der Waals surface area (Å²) in [6.45, 7) is 0.699. The number of nitrogens with one attached hydrogen (secondary N) is 1. The van der Waals surface area contributed by atoms with Crippen molar-refractivity contribution in [2.24, 2.45) is 5.73 Å². The number of carbonyl (C=O) groups is 2. The van der Waals surface area contributed by atoms with Crippen molar-refractivity contribution in [3.05, 3.63) is 29.8 Å². The number of hydrogen-bond acceptors (Lipinski definition) is 4. The second kappa shape index (κ2) is 8.23.